The summed E-state index contributed by atoms with van der Waals surface area (Å²) in [6.07, 6.45) is 4.36. The number of hydrogen-bond donors (Lipinski definition) is 1. The fourth-order valence-electron chi connectivity index (χ4n) is 1.98. The highest BCUT2D eigenvalue weighted by molar-refractivity contribution is 5.40. The molecule has 16 heavy (non-hydrogen) atoms. The molecule has 0 amide bonds. The molecule has 0 saturated heterocycles. The number of aryl methyl sites for hydroxylation is 1. The van der Waals surface area contributed by atoms with Crippen LogP contribution in [0.25, 0.3) is 0 Å². The molecule has 0 aliphatic heterocycles. The van der Waals surface area contributed by atoms with Gasteiger partial charge in [0.1, 0.15) is 11.6 Å². The zero-order valence-corrected chi connectivity index (χ0v) is 11.1. The number of anilines is 1. The second-order valence-electron chi connectivity index (χ2n) is 4.51. The van der Waals surface area contributed by atoms with Crippen molar-refractivity contribution in [2.75, 3.05) is 5.73 Å². The summed E-state index contributed by atoms with van der Waals surface area (Å²) < 4.78 is 2.20. The molecule has 1 aromatic heterocycles. The molecule has 1 unspecified atom stereocenters. The molecular weight excluding hydrogens is 198 g/mol. The minimum atomic E-state index is 0.466. The van der Waals surface area contributed by atoms with Crippen LogP contribution in [0.3, 0.4) is 0 Å². The molecule has 0 bridgehead atoms. The van der Waals surface area contributed by atoms with Crippen molar-refractivity contribution in [3.63, 3.8) is 0 Å². The topological polar surface area (TPSA) is 43.8 Å². The standard InChI is InChI=1S/C13H25N3/c1-5-8-11-15-12(10(4)7-3)13(14)16(11)9-6-2/h10H,5-9,14H2,1-4H3. The summed E-state index contributed by atoms with van der Waals surface area (Å²) in [4.78, 5) is 4.73. The van der Waals surface area contributed by atoms with Crippen LogP contribution in [0.15, 0.2) is 0 Å². The lowest BCUT2D eigenvalue weighted by Gasteiger charge is -2.09. The Balaban J connectivity index is 3.07. The Morgan fingerprint density at radius 3 is 2.44 bits per heavy atom. The van der Waals surface area contributed by atoms with Crippen LogP contribution < -0.4 is 5.73 Å². The number of aromatic nitrogens is 2. The molecule has 0 aliphatic rings. The first kappa shape index (κ1) is 13.1. The SMILES string of the molecule is CCCc1nc(C(C)CC)c(N)n1CCC. The van der Waals surface area contributed by atoms with Crippen LogP contribution in [0, 0.1) is 0 Å². The smallest absolute Gasteiger partial charge is 0.127 e. The van der Waals surface area contributed by atoms with Crippen LogP contribution in [0.2, 0.25) is 0 Å². The van der Waals surface area contributed by atoms with Gasteiger partial charge in [-0.05, 0) is 19.3 Å². The number of nitrogens with two attached hydrogens (primary N) is 1. The molecule has 3 heteroatoms. The lowest BCUT2D eigenvalue weighted by molar-refractivity contribution is 0.637. The molecule has 1 aromatic rings. The maximum Gasteiger partial charge on any atom is 0.127 e. The van der Waals surface area contributed by atoms with E-state index in [-0.39, 0.29) is 0 Å². The average Bonchev–Trinajstić information content (AvgIpc) is 2.58. The number of nitrogens with zero attached hydrogens (tertiary/aromatic N) is 2. The van der Waals surface area contributed by atoms with Gasteiger partial charge in [-0.3, -0.25) is 0 Å². The quantitative estimate of drug-likeness (QED) is 0.803. The Kier molecular flexibility index (Phi) is 4.84. The van der Waals surface area contributed by atoms with E-state index in [0.29, 0.717) is 5.92 Å². The van der Waals surface area contributed by atoms with Crippen molar-refractivity contribution in [1.29, 1.82) is 0 Å². The Bertz CT molecular complexity index is 328. The first-order valence-corrected chi connectivity index (χ1v) is 6.50. The molecule has 1 heterocycles. The van der Waals surface area contributed by atoms with Gasteiger partial charge in [-0.2, -0.15) is 0 Å². The first-order chi connectivity index (χ1) is 7.65. The molecule has 0 saturated carbocycles. The highest BCUT2D eigenvalue weighted by atomic mass is 15.1. The maximum atomic E-state index is 6.20. The van der Waals surface area contributed by atoms with E-state index in [2.05, 4.69) is 32.3 Å². The molecule has 0 aliphatic carbocycles. The molecule has 0 spiro atoms. The van der Waals surface area contributed by atoms with Crippen LogP contribution in [-0.2, 0) is 13.0 Å². The van der Waals surface area contributed by atoms with E-state index in [1.807, 2.05) is 0 Å². The fourth-order valence-corrected chi connectivity index (χ4v) is 1.98. The molecule has 0 aromatic carbocycles. The predicted octanol–water partition coefficient (Wildman–Crippen LogP) is 3.34. The lowest BCUT2D eigenvalue weighted by Crippen LogP contribution is -2.07. The van der Waals surface area contributed by atoms with Crippen molar-refractivity contribution in [3.05, 3.63) is 11.5 Å². The summed E-state index contributed by atoms with van der Waals surface area (Å²) in [6, 6.07) is 0. The number of hydrogen-bond acceptors (Lipinski definition) is 2. The van der Waals surface area contributed by atoms with Crippen LogP contribution in [0.4, 0.5) is 5.82 Å². The maximum absolute atomic E-state index is 6.20. The van der Waals surface area contributed by atoms with Gasteiger partial charge in [0.25, 0.3) is 0 Å². The monoisotopic (exact) mass is 223 g/mol. The van der Waals surface area contributed by atoms with E-state index in [0.717, 1.165) is 49.6 Å². The highest BCUT2D eigenvalue weighted by Crippen LogP contribution is 2.26. The van der Waals surface area contributed by atoms with Gasteiger partial charge in [0.15, 0.2) is 0 Å². The van der Waals surface area contributed by atoms with Gasteiger partial charge in [0.2, 0.25) is 0 Å². The van der Waals surface area contributed by atoms with Crippen LogP contribution in [-0.4, -0.2) is 9.55 Å². The number of rotatable bonds is 6. The van der Waals surface area contributed by atoms with Gasteiger partial charge >= 0.3 is 0 Å². The second-order valence-corrected chi connectivity index (χ2v) is 4.51. The largest absolute Gasteiger partial charge is 0.384 e. The molecule has 2 N–H and O–H groups in total. The third kappa shape index (κ3) is 2.57. The molecule has 92 valence electrons. The van der Waals surface area contributed by atoms with Crippen molar-refractivity contribution >= 4 is 5.82 Å². The Labute approximate surface area is 99.1 Å². The molecule has 1 rings (SSSR count). The van der Waals surface area contributed by atoms with Gasteiger partial charge in [0, 0.05) is 18.9 Å². The minimum Gasteiger partial charge on any atom is -0.384 e. The summed E-state index contributed by atoms with van der Waals surface area (Å²) >= 11 is 0. The normalized spacial score (nSPS) is 13.0. The van der Waals surface area contributed by atoms with Gasteiger partial charge < -0.3 is 10.3 Å². The molecule has 0 radical (unpaired) electrons. The van der Waals surface area contributed by atoms with Gasteiger partial charge in [0.05, 0.1) is 5.69 Å². The van der Waals surface area contributed by atoms with E-state index < -0.39 is 0 Å². The van der Waals surface area contributed by atoms with Crippen molar-refractivity contribution in [2.24, 2.45) is 0 Å². The fraction of sp³-hybridized carbons (Fsp3) is 0.769. The predicted molar refractivity (Wildman–Crippen MR) is 69.6 cm³/mol. The van der Waals surface area contributed by atoms with E-state index in [1.54, 1.807) is 0 Å². The third-order valence-electron chi connectivity index (χ3n) is 3.11. The van der Waals surface area contributed by atoms with Crippen molar-refractivity contribution in [3.8, 4) is 0 Å². The summed E-state index contributed by atoms with van der Waals surface area (Å²) in [6.45, 7) is 9.74. The summed E-state index contributed by atoms with van der Waals surface area (Å²) in [5.74, 6) is 2.52. The Hall–Kier alpha value is -0.990. The molecule has 1 atom stereocenters. The van der Waals surface area contributed by atoms with Gasteiger partial charge in [-0.15, -0.1) is 0 Å². The molecule has 0 fully saturated rings. The zero-order chi connectivity index (χ0) is 12.1. The van der Waals surface area contributed by atoms with E-state index >= 15 is 0 Å². The Morgan fingerprint density at radius 1 is 1.25 bits per heavy atom. The summed E-state index contributed by atoms with van der Waals surface area (Å²) in [5.41, 5.74) is 7.29. The van der Waals surface area contributed by atoms with Crippen molar-refractivity contribution in [2.45, 2.75) is 65.8 Å². The summed E-state index contributed by atoms with van der Waals surface area (Å²) in [7, 11) is 0. The number of imidazole rings is 1. The first-order valence-electron chi connectivity index (χ1n) is 6.50. The van der Waals surface area contributed by atoms with E-state index in [9.17, 15) is 0 Å². The minimum absolute atomic E-state index is 0.466. The van der Waals surface area contributed by atoms with Crippen LogP contribution in [0.1, 0.15) is 64.4 Å². The average molecular weight is 223 g/mol. The molecule has 3 nitrogen and oxygen atoms in total. The van der Waals surface area contributed by atoms with Crippen molar-refractivity contribution in [1.82, 2.24) is 9.55 Å². The summed E-state index contributed by atoms with van der Waals surface area (Å²) in [5, 5.41) is 0. The third-order valence-corrected chi connectivity index (χ3v) is 3.11. The zero-order valence-electron chi connectivity index (χ0n) is 11.1. The van der Waals surface area contributed by atoms with Gasteiger partial charge in [-0.25, -0.2) is 4.98 Å². The van der Waals surface area contributed by atoms with Gasteiger partial charge in [-0.1, -0.05) is 27.7 Å². The van der Waals surface area contributed by atoms with Crippen molar-refractivity contribution < 1.29 is 0 Å². The highest BCUT2D eigenvalue weighted by Gasteiger charge is 2.17. The van der Waals surface area contributed by atoms with E-state index in [4.69, 9.17) is 10.7 Å². The lowest BCUT2D eigenvalue weighted by atomic mass is 10.1. The van der Waals surface area contributed by atoms with E-state index in [1.165, 1.54) is 0 Å². The van der Waals surface area contributed by atoms with Crippen LogP contribution in [0.5, 0.6) is 0 Å². The number of nitrogen functional groups attached to an aromatic ring is 1. The van der Waals surface area contributed by atoms with Crippen LogP contribution >= 0.6 is 0 Å². The molecular formula is C13H25N3. The second kappa shape index (κ2) is 5.92. The Morgan fingerprint density at radius 2 is 1.94 bits per heavy atom.